The number of aliphatic hydroxyl groups excluding tert-OH is 2. The lowest BCUT2D eigenvalue weighted by molar-refractivity contribution is -0.143. The molecule has 0 radical (unpaired) electrons. The minimum absolute atomic E-state index is 0.0899. The van der Waals surface area contributed by atoms with Crippen LogP contribution in [0.25, 0.3) is 0 Å². The molecule has 2 N–H and O–H groups in total. The summed E-state index contributed by atoms with van der Waals surface area (Å²) < 4.78 is 4.83. The van der Waals surface area contributed by atoms with Gasteiger partial charge in [0.2, 0.25) is 0 Å². The molecule has 3 fully saturated rings. The van der Waals surface area contributed by atoms with Gasteiger partial charge in [0, 0.05) is 6.42 Å². The van der Waals surface area contributed by atoms with Crippen LogP contribution in [-0.2, 0) is 9.53 Å². The predicted molar refractivity (Wildman–Crippen MR) is 125 cm³/mol. The van der Waals surface area contributed by atoms with Gasteiger partial charge in [-0.15, -0.1) is 0 Å². The van der Waals surface area contributed by atoms with Gasteiger partial charge < -0.3 is 14.9 Å². The molecule has 3 saturated carbocycles. The van der Waals surface area contributed by atoms with Gasteiger partial charge in [-0.05, 0) is 85.9 Å². The summed E-state index contributed by atoms with van der Waals surface area (Å²) in [7, 11) is 1.43. The number of carbonyl (C=O) groups excluding carboxylic acids is 1. The first-order valence-corrected chi connectivity index (χ1v) is 13.0. The van der Waals surface area contributed by atoms with E-state index in [0.717, 1.165) is 64.2 Å². The van der Waals surface area contributed by atoms with Gasteiger partial charge in [-0.3, -0.25) is 4.79 Å². The predicted octanol–water partition coefficient (Wildman–Crippen LogP) is 5.09. The Morgan fingerprint density at radius 3 is 2.62 bits per heavy atom. The molecule has 0 saturated heterocycles. The van der Waals surface area contributed by atoms with Crippen molar-refractivity contribution in [2.75, 3.05) is 7.11 Å². The minimum Gasteiger partial charge on any atom is -0.469 e. The molecular formula is C26H45NO5. The second kappa shape index (κ2) is 10.9. The van der Waals surface area contributed by atoms with Crippen LogP contribution in [-0.4, -0.2) is 41.5 Å². The summed E-state index contributed by atoms with van der Waals surface area (Å²) in [6.07, 6.45) is 8.76. The van der Waals surface area contributed by atoms with E-state index in [1.807, 2.05) is 0 Å². The van der Waals surface area contributed by atoms with Crippen molar-refractivity contribution in [3.8, 4) is 0 Å². The molecule has 5 unspecified atom stereocenters. The quantitative estimate of drug-likeness (QED) is 0.376. The molecule has 0 aromatic rings. The summed E-state index contributed by atoms with van der Waals surface area (Å²) in [6.45, 7) is 6.63. The summed E-state index contributed by atoms with van der Waals surface area (Å²) in [5.74, 6) is 1.68. The monoisotopic (exact) mass is 451 g/mol. The Morgan fingerprint density at radius 2 is 1.97 bits per heavy atom. The summed E-state index contributed by atoms with van der Waals surface area (Å²) in [6, 6.07) is -0.0899. The fraction of sp³-hybridized carbons (Fsp3) is 0.962. The smallest absolute Gasteiger partial charge is 0.305 e. The highest BCUT2D eigenvalue weighted by Gasteiger charge is 2.60. The van der Waals surface area contributed by atoms with E-state index in [2.05, 4.69) is 25.9 Å². The first-order valence-electron chi connectivity index (χ1n) is 13.0. The van der Waals surface area contributed by atoms with Gasteiger partial charge in [0.1, 0.15) is 0 Å². The average molecular weight is 452 g/mol. The van der Waals surface area contributed by atoms with Crippen LogP contribution in [0.15, 0.2) is 5.18 Å². The first kappa shape index (κ1) is 25.6. The number of hydrogen-bond donors (Lipinski definition) is 2. The van der Waals surface area contributed by atoms with Crippen LogP contribution in [0.5, 0.6) is 0 Å². The van der Waals surface area contributed by atoms with Gasteiger partial charge in [0.15, 0.2) is 0 Å². The van der Waals surface area contributed by atoms with Gasteiger partial charge in [-0.2, -0.15) is 4.91 Å². The van der Waals surface area contributed by atoms with Gasteiger partial charge in [-0.25, -0.2) is 0 Å². The second-order valence-electron chi connectivity index (χ2n) is 11.3. The Morgan fingerprint density at radius 1 is 1.22 bits per heavy atom. The van der Waals surface area contributed by atoms with Crippen molar-refractivity contribution < 1.29 is 19.7 Å². The van der Waals surface area contributed by atoms with Gasteiger partial charge >= 0.3 is 5.97 Å². The molecule has 32 heavy (non-hydrogen) atoms. The normalized spacial score (nSPS) is 41.5. The molecule has 0 spiro atoms. The highest BCUT2D eigenvalue weighted by molar-refractivity contribution is 5.69. The van der Waals surface area contributed by atoms with E-state index in [4.69, 9.17) is 4.74 Å². The average Bonchev–Trinajstić information content (AvgIpc) is 3.15. The minimum atomic E-state index is -0.392. The van der Waals surface area contributed by atoms with E-state index in [-0.39, 0.29) is 29.4 Å². The number of hydrogen-bond acceptors (Lipinski definition) is 6. The molecule has 0 heterocycles. The Labute approximate surface area is 193 Å². The molecule has 0 aliphatic heterocycles. The lowest BCUT2D eigenvalue weighted by Crippen LogP contribution is -2.54. The zero-order valence-electron chi connectivity index (χ0n) is 20.5. The van der Waals surface area contributed by atoms with E-state index in [0.29, 0.717) is 36.0 Å². The molecule has 3 aliphatic rings. The fourth-order valence-corrected chi connectivity index (χ4v) is 8.02. The zero-order valence-corrected chi connectivity index (χ0v) is 20.5. The number of fused-ring (bicyclic) bond motifs is 1. The van der Waals surface area contributed by atoms with Crippen molar-refractivity contribution in [1.82, 2.24) is 0 Å². The lowest BCUT2D eigenvalue weighted by Gasteiger charge is -2.54. The summed E-state index contributed by atoms with van der Waals surface area (Å²) in [5, 5.41) is 26.2. The van der Waals surface area contributed by atoms with Gasteiger partial charge in [0.25, 0.3) is 0 Å². The summed E-state index contributed by atoms with van der Waals surface area (Å²) in [4.78, 5) is 22.7. The molecule has 6 heteroatoms. The highest BCUT2D eigenvalue weighted by atomic mass is 16.5. The number of carbonyl (C=O) groups is 1. The van der Waals surface area contributed by atoms with Crippen molar-refractivity contribution in [3.63, 3.8) is 0 Å². The Hall–Kier alpha value is -1.01. The number of rotatable bonds is 9. The molecule has 0 amide bonds. The third kappa shape index (κ3) is 5.06. The Kier molecular flexibility index (Phi) is 8.76. The van der Waals surface area contributed by atoms with Crippen molar-refractivity contribution >= 4 is 5.97 Å². The number of ether oxygens (including phenoxy) is 1. The van der Waals surface area contributed by atoms with E-state index in [1.54, 1.807) is 0 Å². The van der Waals surface area contributed by atoms with Gasteiger partial charge in [0.05, 0.1) is 25.4 Å². The number of nitroso groups, excluding NO2 is 1. The molecule has 0 bridgehead atoms. The van der Waals surface area contributed by atoms with E-state index in [9.17, 15) is 19.9 Å². The van der Waals surface area contributed by atoms with Crippen LogP contribution >= 0.6 is 0 Å². The topological polar surface area (TPSA) is 96.2 Å². The highest BCUT2D eigenvalue weighted by Crippen LogP contribution is 2.62. The summed E-state index contributed by atoms with van der Waals surface area (Å²) in [5.41, 5.74) is -0.230. The molecule has 3 rings (SSSR count). The van der Waals surface area contributed by atoms with Crippen molar-refractivity contribution in [3.05, 3.63) is 4.91 Å². The van der Waals surface area contributed by atoms with Crippen LogP contribution in [0.2, 0.25) is 0 Å². The van der Waals surface area contributed by atoms with Crippen molar-refractivity contribution in [1.29, 1.82) is 0 Å². The molecule has 3 aliphatic carbocycles. The number of esters is 1. The lowest BCUT2D eigenvalue weighted by atomic mass is 9.53. The standard InChI is InChI=1S/C26H45NO5/c1-5-18-15-23(29)26(3)20(16(2)9-12-24(30)32-4)10-11-21(26)25(18)22(28)14-17-7-6-8-19(13-17)27-31/h16-23,25,28-29H,5-15H2,1-4H3/t16?,17-,18?,19+,20?,21?,22+,23-,25?,26+/m0/s1. The first-order chi connectivity index (χ1) is 15.3. The summed E-state index contributed by atoms with van der Waals surface area (Å²) >= 11 is 0. The van der Waals surface area contributed by atoms with E-state index >= 15 is 0 Å². The van der Waals surface area contributed by atoms with E-state index < -0.39 is 6.10 Å². The molecule has 0 aromatic carbocycles. The number of aliphatic hydroxyl groups is 2. The van der Waals surface area contributed by atoms with Crippen LogP contribution in [0.4, 0.5) is 0 Å². The maximum Gasteiger partial charge on any atom is 0.305 e. The SMILES string of the molecule is CCC1C[C@H](O)[C@]2(C)C(C(C)CCC(=O)OC)CCC2C1[C@H](O)C[C@H]1CCC[C@@H](N=O)C1. The van der Waals surface area contributed by atoms with Crippen molar-refractivity contribution in [2.45, 2.75) is 110 Å². The molecule has 0 aromatic heterocycles. The Balaban J connectivity index is 1.75. The van der Waals surface area contributed by atoms with Crippen LogP contribution < -0.4 is 0 Å². The second-order valence-corrected chi connectivity index (χ2v) is 11.3. The van der Waals surface area contributed by atoms with Crippen LogP contribution in [0, 0.1) is 45.8 Å². The largest absolute Gasteiger partial charge is 0.469 e. The number of methoxy groups -OCH3 is 1. The zero-order chi connectivity index (χ0) is 23.5. The molecular weight excluding hydrogens is 406 g/mol. The molecule has 10 atom stereocenters. The third-order valence-corrected chi connectivity index (χ3v) is 9.81. The fourth-order valence-electron chi connectivity index (χ4n) is 8.02. The molecule has 184 valence electrons. The van der Waals surface area contributed by atoms with E-state index in [1.165, 1.54) is 7.11 Å². The van der Waals surface area contributed by atoms with Crippen LogP contribution in [0.1, 0.15) is 91.4 Å². The molecule has 6 nitrogen and oxygen atoms in total. The maximum absolute atomic E-state index is 11.7. The van der Waals surface area contributed by atoms with Crippen molar-refractivity contribution in [2.24, 2.45) is 46.1 Å². The Bertz CT molecular complexity index is 642. The third-order valence-electron chi connectivity index (χ3n) is 9.81. The number of nitrogens with zero attached hydrogens (tertiary/aromatic N) is 1. The van der Waals surface area contributed by atoms with Crippen LogP contribution in [0.3, 0.4) is 0 Å². The van der Waals surface area contributed by atoms with Gasteiger partial charge in [-0.1, -0.05) is 45.2 Å². The maximum atomic E-state index is 11.7.